The first kappa shape index (κ1) is 29.9. The molecule has 2 bridgehead atoms. The van der Waals surface area contributed by atoms with Crippen LogP contribution in [-0.4, -0.2) is 45.1 Å². The fraction of sp³-hybridized carbons (Fsp3) is 0.571. The van der Waals surface area contributed by atoms with Crippen LogP contribution in [0.1, 0.15) is 76.6 Å². The van der Waals surface area contributed by atoms with E-state index in [2.05, 4.69) is 38.7 Å². The van der Waals surface area contributed by atoms with Crippen molar-refractivity contribution >= 4 is 46.5 Å². The van der Waals surface area contributed by atoms with E-state index in [1.807, 2.05) is 6.92 Å². The highest BCUT2D eigenvalue weighted by atomic mass is 32.1. The molecule has 43 heavy (non-hydrogen) atoms. The molecule has 4 fully saturated rings. The number of nitrogens with zero attached hydrogens (tertiary/aromatic N) is 1. The lowest BCUT2D eigenvalue weighted by molar-refractivity contribution is -0.184. The van der Waals surface area contributed by atoms with Crippen molar-refractivity contribution in [3.8, 4) is 0 Å². The summed E-state index contributed by atoms with van der Waals surface area (Å²) in [5, 5.41) is 12.6. The van der Waals surface area contributed by atoms with Gasteiger partial charge in [-0.25, -0.2) is 4.79 Å². The van der Waals surface area contributed by atoms with E-state index in [9.17, 15) is 24.3 Å². The van der Waals surface area contributed by atoms with Gasteiger partial charge >= 0.3 is 5.97 Å². The fourth-order valence-electron chi connectivity index (χ4n) is 10.6. The van der Waals surface area contributed by atoms with Crippen LogP contribution in [0.25, 0.3) is 0 Å². The second-order valence-electron chi connectivity index (χ2n) is 14.4. The number of thiocarbonyl (C=S) groups is 1. The Bertz CT molecular complexity index is 1480. The predicted molar refractivity (Wildman–Crippen MR) is 168 cm³/mol. The largest absolute Gasteiger partial charge is 0.478 e. The van der Waals surface area contributed by atoms with Crippen molar-refractivity contribution in [1.29, 1.82) is 0 Å². The number of anilines is 1. The third-order valence-electron chi connectivity index (χ3n) is 12.2. The van der Waals surface area contributed by atoms with Crippen LogP contribution in [0, 0.1) is 51.8 Å². The third-order valence-corrected chi connectivity index (χ3v) is 12.5. The van der Waals surface area contributed by atoms with Crippen molar-refractivity contribution < 1.29 is 24.3 Å². The molecular weight excluding hydrogens is 560 g/mol. The molecule has 7 nitrogen and oxygen atoms in total. The summed E-state index contributed by atoms with van der Waals surface area (Å²) < 4.78 is 0. The van der Waals surface area contributed by atoms with Gasteiger partial charge in [-0.2, -0.15) is 0 Å². The smallest absolute Gasteiger partial charge is 0.337 e. The summed E-state index contributed by atoms with van der Waals surface area (Å²) >= 11 is 5.67. The Morgan fingerprint density at radius 2 is 1.86 bits per heavy atom. The molecule has 7 rings (SSSR count). The molecule has 1 spiro atoms. The lowest BCUT2D eigenvalue weighted by Crippen LogP contribution is -2.65. The summed E-state index contributed by atoms with van der Waals surface area (Å²) in [6, 6.07) is 6.49. The Labute approximate surface area is 259 Å². The molecule has 3 saturated carbocycles. The van der Waals surface area contributed by atoms with E-state index in [4.69, 9.17) is 12.2 Å². The number of fused-ring (bicyclic) bond motifs is 1. The number of allylic oxidation sites excluding steroid dienone is 2. The van der Waals surface area contributed by atoms with Gasteiger partial charge in [-0.1, -0.05) is 76.2 Å². The molecule has 6 aliphatic rings. The number of para-hydroxylation sites is 1. The molecule has 1 saturated heterocycles. The molecule has 1 aromatic rings. The molecule has 5 aliphatic carbocycles. The molecule has 0 radical (unpaired) electrons. The van der Waals surface area contributed by atoms with Crippen molar-refractivity contribution in [2.75, 3.05) is 11.9 Å². The van der Waals surface area contributed by atoms with E-state index < -0.39 is 16.8 Å². The number of aromatic carboxylic acids is 1. The summed E-state index contributed by atoms with van der Waals surface area (Å²) in [5.74, 6) is -1.45. The minimum Gasteiger partial charge on any atom is -0.478 e. The molecule has 1 heterocycles. The number of imide groups is 1. The molecule has 228 valence electrons. The normalized spacial score (nSPS) is 37.7. The van der Waals surface area contributed by atoms with Gasteiger partial charge in [-0.3, -0.25) is 19.3 Å². The zero-order valence-electron chi connectivity index (χ0n) is 25.5. The summed E-state index contributed by atoms with van der Waals surface area (Å²) in [6.45, 7) is 12.8. The van der Waals surface area contributed by atoms with Crippen LogP contribution < -0.4 is 5.32 Å². The van der Waals surface area contributed by atoms with Crippen molar-refractivity contribution in [2.24, 2.45) is 51.8 Å². The average molecular weight is 603 g/mol. The number of ketones is 1. The molecule has 2 amide bonds. The molecule has 8 heteroatoms. The first-order valence-corrected chi connectivity index (χ1v) is 16.1. The van der Waals surface area contributed by atoms with E-state index in [1.54, 1.807) is 24.3 Å². The molecule has 8 atom stereocenters. The molecular formula is C35H42N2O5S. The van der Waals surface area contributed by atoms with Crippen molar-refractivity contribution in [2.45, 2.75) is 66.2 Å². The lowest BCUT2D eigenvalue weighted by Gasteiger charge is -2.68. The van der Waals surface area contributed by atoms with Gasteiger partial charge in [0.25, 0.3) is 0 Å². The van der Waals surface area contributed by atoms with Gasteiger partial charge in [-0.15, -0.1) is 6.58 Å². The van der Waals surface area contributed by atoms with Crippen molar-refractivity contribution in [3.63, 3.8) is 0 Å². The SMILES string of the molecule is C=CCN1C(=O)[C@H]2[C@@H](C1=O)[C@@]13C=C(C(C)C)[C@@H]2C[C@@H]1[C@@]1(C)CCC[C@@](C)(C(=O)C(=S)Nc2ccccc2C(=O)O)[C@@H]1CC3. The Hall–Kier alpha value is -3.13. The third kappa shape index (κ3) is 4.08. The number of carbonyl (C=O) groups is 4. The van der Waals surface area contributed by atoms with Gasteiger partial charge in [0.05, 0.1) is 23.1 Å². The first-order chi connectivity index (χ1) is 20.3. The van der Waals surface area contributed by atoms with Gasteiger partial charge in [0, 0.05) is 17.4 Å². The van der Waals surface area contributed by atoms with Gasteiger partial charge < -0.3 is 10.4 Å². The fourth-order valence-corrected chi connectivity index (χ4v) is 10.9. The quantitative estimate of drug-likeness (QED) is 0.214. The Kier molecular flexibility index (Phi) is 7.11. The number of hydrogen-bond acceptors (Lipinski definition) is 5. The van der Waals surface area contributed by atoms with Crippen LogP contribution >= 0.6 is 12.2 Å². The number of carboxylic acid groups (broad SMARTS) is 1. The second kappa shape index (κ2) is 10.2. The summed E-state index contributed by atoms with van der Waals surface area (Å²) in [5.41, 5.74) is 0.354. The number of nitrogens with one attached hydrogen (secondary N) is 1. The van der Waals surface area contributed by atoms with E-state index in [1.165, 1.54) is 16.5 Å². The Morgan fingerprint density at radius 1 is 1.14 bits per heavy atom. The number of Topliss-reactive ketones (excluding diaryl/α,β-unsaturated/α-hetero) is 1. The highest BCUT2D eigenvalue weighted by Crippen LogP contribution is 2.74. The van der Waals surface area contributed by atoms with Crippen LogP contribution in [0.3, 0.4) is 0 Å². The number of hydrogen-bond donors (Lipinski definition) is 2. The number of benzene rings is 1. The zero-order valence-corrected chi connectivity index (χ0v) is 26.3. The monoisotopic (exact) mass is 602 g/mol. The number of likely N-dealkylation sites (tertiary alicyclic amines) is 1. The maximum Gasteiger partial charge on any atom is 0.337 e. The van der Waals surface area contributed by atoms with Crippen LogP contribution in [-0.2, 0) is 14.4 Å². The average Bonchev–Trinajstić information content (AvgIpc) is 3.23. The van der Waals surface area contributed by atoms with Gasteiger partial charge in [0.1, 0.15) is 4.99 Å². The first-order valence-electron chi connectivity index (χ1n) is 15.7. The van der Waals surface area contributed by atoms with Gasteiger partial charge in [0.2, 0.25) is 11.8 Å². The summed E-state index contributed by atoms with van der Waals surface area (Å²) in [6.07, 6.45) is 8.98. The standard InChI is InChI=1S/C35H42N2O5S/c1-6-16-37-30(39)26-21-17-25-33(4)13-9-14-34(5,28(38)29(43)36-23-11-8-7-10-20(23)32(41)42)24(33)12-15-35(25,27(26)31(37)40)18-22(21)19(2)3/h6-8,10-11,18-19,21,24-27H,1,9,12-17H2,2-5H3,(H,36,43)(H,41,42)/t21-,24+,25+,26+,27-,33-,34+,35-/m0/s1. The number of rotatable bonds is 7. The van der Waals surface area contributed by atoms with Gasteiger partial charge in [0.15, 0.2) is 5.78 Å². The Balaban J connectivity index is 1.36. The summed E-state index contributed by atoms with van der Waals surface area (Å²) in [4.78, 5) is 55.3. The van der Waals surface area contributed by atoms with E-state index in [-0.39, 0.29) is 69.7 Å². The van der Waals surface area contributed by atoms with E-state index >= 15 is 0 Å². The highest BCUT2D eigenvalue weighted by Gasteiger charge is 2.73. The maximum absolute atomic E-state index is 14.3. The molecule has 2 N–H and O–H groups in total. The Morgan fingerprint density at radius 3 is 2.53 bits per heavy atom. The number of carboxylic acids is 1. The van der Waals surface area contributed by atoms with Gasteiger partial charge in [-0.05, 0) is 73.3 Å². The second-order valence-corrected chi connectivity index (χ2v) is 14.8. The van der Waals surface area contributed by atoms with Crippen LogP contribution in [0.4, 0.5) is 5.69 Å². The minimum absolute atomic E-state index is 0.0258. The minimum atomic E-state index is -1.08. The molecule has 1 aliphatic heterocycles. The van der Waals surface area contributed by atoms with Crippen molar-refractivity contribution in [1.82, 2.24) is 4.90 Å². The molecule has 1 aromatic carbocycles. The highest BCUT2D eigenvalue weighted by molar-refractivity contribution is 7.82. The lowest BCUT2D eigenvalue weighted by atomic mass is 9.34. The number of carbonyl (C=O) groups excluding carboxylic acids is 3. The topological polar surface area (TPSA) is 104 Å². The van der Waals surface area contributed by atoms with Crippen LogP contribution in [0.5, 0.6) is 0 Å². The predicted octanol–water partition coefficient (Wildman–Crippen LogP) is 6.31. The maximum atomic E-state index is 14.3. The van der Waals surface area contributed by atoms with E-state index in [0.717, 1.165) is 32.1 Å². The molecule has 0 aromatic heterocycles. The summed E-state index contributed by atoms with van der Waals surface area (Å²) in [7, 11) is 0. The van der Waals surface area contributed by atoms with Crippen LogP contribution in [0.2, 0.25) is 0 Å². The van der Waals surface area contributed by atoms with Crippen LogP contribution in [0.15, 0.2) is 48.6 Å². The van der Waals surface area contributed by atoms with E-state index in [0.29, 0.717) is 18.0 Å². The zero-order chi connectivity index (χ0) is 31.1. The van der Waals surface area contributed by atoms with Crippen molar-refractivity contribution in [3.05, 3.63) is 54.1 Å². The number of amides is 2. The molecule has 0 unspecified atom stereocenters.